The molecule has 0 radical (unpaired) electrons. The molecule has 2 aromatic rings. The summed E-state index contributed by atoms with van der Waals surface area (Å²) in [6.45, 7) is 6.13. The van der Waals surface area contributed by atoms with Crippen LogP contribution in [0.25, 0.3) is 11.4 Å². The van der Waals surface area contributed by atoms with Gasteiger partial charge in [0.15, 0.2) is 0 Å². The van der Waals surface area contributed by atoms with E-state index in [1.807, 2.05) is 24.3 Å². The Morgan fingerprint density at radius 1 is 1.45 bits per heavy atom. The Hall–Kier alpha value is -1.24. The zero-order valence-corrected chi connectivity index (χ0v) is 14.3. The lowest BCUT2D eigenvalue weighted by molar-refractivity contribution is 0.174. The van der Waals surface area contributed by atoms with Crippen molar-refractivity contribution in [3.8, 4) is 11.4 Å². The SMILES string of the molecule is CCCN(Cc1nc(-c2cccc(Br)c2)no1)C1CCNC1. The number of nitrogens with one attached hydrogen (secondary N) is 1. The van der Waals surface area contributed by atoms with Crippen LogP contribution >= 0.6 is 15.9 Å². The van der Waals surface area contributed by atoms with Gasteiger partial charge in [-0.2, -0.15) is 4.98 Å². The Labute approximate surface area is 139 Å². The van der Waals surface area contributed by atoms with E-state index >= 15 is 0 Å². The molecule has 0 spiro atoms. The highest BCUT2D eigenvalue weighted by Crippen LogP contribution is 2.21. The average molecular weight is 365 g/mol. The second kappa shape index (κ2) is 7.35. The van der Waals surface area contributed by atoms with E-state index in [0.29, 0.717) is 17.8 Å². The molecule has 1 saturated heterocycles. The van der Waals surface area contributed by atoms with Crippen LogP contribution in [0.1, 0.15) is 25.7 Å². The van der Waals surface area contributed by atoms with Crippen molar-refractivity contribution in [1.29, 1.82) is 0 Å². The van der Waals surface area contributed by atoms with Crippen molar-refractivity contribution in [1.82, 2.24) is 20.4 Å². The molecular formula is C16H21BrN4O. The van der Waals surface area contributed by atoms with Crippen LogP contribution < -0.4 is 5.32 Å². The maximum absolute atomic E-state index is 5.46. The smallest absolute Gasteiger partial charge is 0.241 e. The molecule has 6 heteroatoms. The Morgan fingerprint density at radius 2 is 2.36 bits per heavy atom. The van der Waals surface area contributed by atoms with Crippen LogP contribution in [-0.2, 0) is 6.54 Å². The molecule has 2 heterocycles. The average Bonchev–Trinajstić information content (AvgIpc) is 3.18. The molecular weight excluding hydrogens is 344 g/mol. The summed E-state index contributed by atoms with van der Waals surface area (Å²) in [5, 5.41) is 7.54. The lowest BCUT2D eigenvalue weighted by Crippen LogP contribution is -2.37. The highest BCUT2D eigenvalue weighted by molar-refractivity contribution is 9.10. The van der Waals surface area contributed by atoms with Crippen molar-refractivity contribution >= 4 is 15.9 Å². The number of benzene rings is 1. The minimum atomic E-state index is 0.571. The molecule has 1 aromatic heterocycles. The normalized spacial score (nSPS) is 18.2. The third kappa shape index (κ3) is 3.74. The van der Waals surface area contributed by atoms with Gasteiger partial charge in [0.05, 0.1) is 6.54 Å². The second-order valence-corrected chi connectivity index (χ2v) is 6.55. The van der Waals surface area contributed by atoms with E-state index in [2.05, 4.69) is 43.2 Å². The van der Waals surface area contributed by atoms with E-state index in [1.54, 1.807) is 0 Å². The third-order valence-corrected chi connectivity index (χ3v) is 4.44. The number of nitrogens with zero attached hydrogens (tertiary/aromatic N) is 3. The molecule has 1 N–H and O–H groups in total. The van der Waals surface area contributed by atoms with E-state index in [0.717, 1.165) is 42.6 Å². The van der Waals surface area contributed by atoms with E-state index in [-0.39, 0.29) is 0 Å². The topological polar surface area (TPSA) is 54.2 Å². The first kappa shape index (κ1) is 15.6. The standard InChI is InChI=1S/C16H21BrN4O/c1-2-8-21(14-6-7-18-10-14)11-15-19-16(20-22-15)12-4-3-5-13(17)9-12/h3-5,9,14,18H,2,6-8,10-11H2,1H3. The summed E-state index contributed by atoms with van der Waals surface area (Å²) in [6, 6.07) is 8.52. The van der Waals surface area contributed by atoms with Gasteiger partial charge in [-0.05, 0) is 38.1 Å². The van der Waals surface area contributed by atoms with E-state index in [1.165, 1.54) is 6.42 Å². The predicted octanol–water partition coefficient (Wildman–Crippen LogP) is 3.07. The molecule has 1 aliphatic rings. The van der Waals surface area contributed by atoms with Crippen LogP contribution in [0.15, 0.2) is 33.3 Å². The molecule has 1 atom stereocenters. The number of hydrogen-bond acceptors (Lipinski definition) is 5. The summed E-state index contributed by atoms with van der Waals surface area (Å²) in [4.78, 5) is 7.00. The fraction of sp³-hybridized carbons (Fsp3) is 0.500. The summed E-state index contributed by atoms with van der Waals surface area (Å²) in [5.74, 6) is 1.34. The van der Waals surface area contributed by atoms with Crippen molar-refractivity contribution in [2.45, 2.75) is 32.4 Å². The molecule has 3 rings (SSSR count). The molecule has 0 bridgehead atoms. The summed E-state index contributed by atoms with van der Waals surface area (Å²) >= 11 is 3.47. The van der Waals surface area contributed by atoms with Gasteiger partial charge in [-0.3, -0.25) is 4.90 Å². The van der Waals surface area contributed by atoms with Crippen LogP contribution in [0, 0.1) is 0 Å². The van der Waals surface area contributed by atoms with Gasteiger partial charge in [-0.15, -0.1) is 0 Å². The molecule has 118 valence electrons. The minimum Gasteiger partial charge on any atom is -0.338 e. The largest absolute Gasteiger partial charge is 0.338 e. The molecule has 0 saturated carbocycles. The van der Waals surface area contributed by atoms with Gasteiger partial charge in [0.25, 0.3) is 0 Å². The molecule has 0 aliphatic carbocycles. The van der Waals surface area contributed by atoms with Gasteiger partial charge in [-0.1, -0.05) is 40.1 Å². The number of rotatable bonds is 6. The lowest BCUT2D eigenvalue weighted by Gasteiger charge is -2.26. The number of hydrogen-bond donors (Lipinski definition) is 1. The van der Waals surface area contributed by atoms with Crippen LogP contribution in [-0.4, -0.2) is 40.7 Å². The molecule has 1 aromatic carbocycles. The molecule has 0 amide bonds. The van der Waals surface area contributed by atoms with Crippen molar-refractivity contribution in [3.05, 3.63) is 34.6 Å². The third-order valence-electron chi connectivity index (χ3n) is 3.95. The first-order chi connectivity index (χ1) is 10.8. The van der Waals surface area contributed by atoms with Crippen molar-refractivity contribution in [3.63, 3.8) is 0 Å². The monoisotopic (exact) mass is 364 g/mol. The van der Waals surface area contributed by atoms with Crippen LogP contribution in [0.3, 0.4) is 0 Å². The van der Waals surface area contributed by atoms with Crippen molar-refractivity contribution in [2.75, 3.05) is 19.6 Å². The fourth-order valence-corrected chi connectivity index (χ4v) is 3.27. The number of aromatic nitrogens is 2. The number of halogens is 1. The van der Waals surface area contributed by atoms with Gasteiger partial charge in [-0.25, -0.2) is 0 Å². The highest BCUT2D eigenvalue weighted by atomic mass is 79.9. The van der Waals surface area contributed by atoms with Crippen molar-refractivity contribution < 1.29 is 4.52 Å². The van der Waals surface area contributed by atoms with E-state index < -0.39 is 0 Å². The van der Waals surface area contributed by atoms with Gasteiger partial charge in [0.2, 0.25) is 11.7 Å². The predicted molar refractivity (Wildman–Crippen MR) is 89.4 cm³/mol. The quantitative estimate of drug-likeness (QED) is 0.853. The Kier molecular flexibility index (Phi) is 5.23. The van der Waals surface area contributed by atoms with Crippen LogP contribution in [0.4, 0.5) is 0 Å². The van der Waals surface area contributed by atoms with Gasteiger partial charge in [0.1, 0.15) is 0 Å². The molecule has 5 nitrogen and oxygen atoms in total. The molecule has 1 unspecified atom stereocenters. The maximum Gasteiger partial charge on any atom is 0.241 e. The first-order valence-electron chi connectivity index (χ1n) is 7.79. The summed E-state index contributed by atoms with van der Waals surface area (Å²) in [5.41, 5.74) is 0.967. The molecule has 22 heavy (non-hydrogen) atoms. The zero-order valence-electron chi connectivity index (χ0n) is 12.8. The van der Waals surface area contributed by atoms with Crippen LogP contribution in [0.2, 0.25) is 0 Å². The molecule has 1 fully saturated rings. The zero-order chi connectivity index (χ0) is 15.4. The fourth-order valence-electron chi connectivity index (χ4n) is 2.87. The summed E-state index contributed by atoms with van der Waals surface area (Å²) in [7, 11) is 0. The van der Waals surface area contributed by atoms with E-state index in [9.17, 15) is 0 Å². The second-order valence-electron chi connectivity index (χ2n) is 5.64. The summed E-state index contributed by atoms with van der Waals surface area (Å²) in [6.07, 6.45) is 2.32. The maximum atomic E-state index is 5.46. The highest BCUT2D eigenvalue weighted by Gasteiger charge is 2.23. The van der Waals surface area contributed by atoms with Gasteiger partial charge < -0.3 is 9.84 Å². The van der Waals surface area contributed by atoms with Gasteiger partial charge >= 0.3 is 0 Å². The van der Waals surface area contributed by atoms with Crippen molar-refractivity contribution in [2.24, 2.45) is 0 Å². The minimum absolute atomic E-state index is 0.571. The Bertz CT molecular complexity index is 610. The summed E-state index contributed by atoms with van der Waals surface area (Å²) < 4.78 is 6.47. The lowest BCUT2D eigenvalue weighted by atomic mass is 10.2. The molecule has 1 aliphatic heterocycles. The Morgan fingerprint density at radius 3 is 3.09 bits per heavy atom. The Balaban J connectivity index is 1.72. The van der Waals surface area contributed by atoms with Gasteiger partial charge in [0, 0.05) is 22.6 Å². The van der Waals surface area contributed by atoms with E-state index in [4.69, 9.17) is 4.52 Å². The first-order valence-corrected chi connectivity index (χ1v) is 8.59. The van der Waals surface area contributed by atoms with Crippen LogP contribution in [0.5, 0.6) is 0 Å².